The molecular weight excluding hydrogens is 210 g/mol. The zero-order valence-corrected chi connectivity index (χ0v) is 9.40. The second kappa shape index (κ2) is 4.37. The molecule has 2 aromatic rings. The highest BCUT2D eigenvalue weighted by Crippen LogP contribution is 2.31. The fraction of sp³-hybridized carbons (Fsp3) is 0.143. The van der Waals surface area contributed by atoms with E-state index < -0.39 is 0 Å². The average Bonchev–Trinajstić information content (AvgIpc) is 2.90. The molecular formula is C14H13N3. The Bertz CT molecular complexity index is 508. The topological polar surface area (TPSA) is 28.0 Å². The first kappa shape index (κ1) is 10.0. The van der Waals surface area contributed by atoms with Crippen LogP contribution in [0.25, 0.3) is 0 Å². The van der Waals surface area contributed by atoms with Gasteiger partial charge in [0, 0.05) is 0 Å². The van der Waals surface area contributed by atoms with Crippen LogP contribution in [0.5, 0.6) is 0 Å². The second-order valence-electron chi connectivity index (χ2n) is 4.02. The Morgan fingerprint density at radius 2 is 1.53 bits per heavy atom. The predicted octanol–water partition coefficient (Wildman–Crippen LogP) is 3.62. The standard InChI is InChI=1S/C14H13N3/c1-3-7-12(8-4-1)14-11-15-16-17(14)13-9-5-2-6-10-13/h1-10,14H,11H2. The molecule has 1 aliphatic rings. The van der Waals surface area contributed by atoms with E-state index >= 15 is 0 Å². The van der Waals surface area contributed by atoms with Crippen LogP contribution in [0.3, 0.4) is 0 Å². The van der Waals surface area contributed by atoms with Gasteiger partial charge < -0.3 is 0 Å². The molecule has 0 aliphatic carbocycles. The fourth-order valence-electron chi connectivity index (χ4n) is 2.06. The van der Waals surface area contributed by atoms with Gasteiger partial charge in [-0.2, -0.15) is 5.11 Å². The Balaban J connectivity index is 1.93. The first-order chi connectivity index (χ1) is 8.45. The predicted molar refractivity (Wildman–Crippen MR) is 67.8 cm³/mol. The van der Waals surface area contributed by atoms with Gasteiger partial charge >= 0.3 is 0 Å². The molecule has 0 amide bonds. The smallest absolute Gasteiger partial charge is 0.101 e. The SMILES string of the molecule is c1ccc(C2CN=NN2c2ccccc2)cc1. The molecule has 0 spiro atoms. The molecule has 0 aromatic heterocycles. The fourth-order valence-corrected chi connectivity index (χ4v) is 2.06. The van der Waals surface area contributed by atoms with Crippen molar-refractivity contribution in [3.05, 3.63) is 66.2 Å². The van der Waals surface area contributed by atoms with Gasteiger partial charge in [-0.1, -0.05) is 53.8 Å². The number of hydrogen-bond acceptors (Lipinski definition) is 3. The average molecular weight is 223 g/mol. The van der Waals surface area contributed by atoms with Crippen LogP contribution < -0.4 is 5.01 Å². The minimum Gasteiger partial charge on any atom is -0.238 e. The van der Waals surface area contributed by atoms with Gasteiger partial charge in [-0.3, -0.25) is 0 Å². The summed E-state index contributed by atoms with van der Waals surface area (Å²) in [5, 5.41) is 10.4. The Morgan fingerprint density at radius 1 is 0.882 bits per heavy atom. The molecule has 1 atom stereocenters. The molecule has 3 heteroatoms. The zero-order valence-electron chi connectivity index (χ0n) is 9.40. The van der Waals surface area contributed by atoms with Crippen molar-refractivity contribution in [1.29, 1.82) is 0 Å². The van der Waals surface area contributed by atoms with E-state index in [0.29, 0.717) is 0 Å². The molecule has 0 N–H and O–H groups in total. The summed E-state index contributed by atoms with van der Waals surface area (Å²) in [6.45, 7) is 0.721. The van der Waals surface area contributed by atoms with Crippen LogP contribution in [0.4, 0.5) is 5.69 Å². The Kier molecular flexibility index (Phi) is 2.58. The number of nitrogens with zero attached hydrogens (tertiary/aromatic N) is 3. The van der Waals surface area contributed by atoms with Crippen LogP contribution in [-0.2, 0) is 0 Å². The van der Waals surface area contributed by atoms with Crippen molar-refractivity contribution < 1.29 is 0 Å². The second-order valence-corrected chi connectivity index (χ2v) is 4.02. The van der Waals surface area contributed by atoms with Gasteiger partial charge in [0.15, 0.2) is 0 Å². The molecule has 17 heavy (non-hydrogen) atoms. The summed E-state index contributed by atoms with van der Waals surface area (Å²) in [5.74, 6) is 0. The molecule has 3 nitrogen and oxygen atoms in total. The third kappa shape index (κ3) is 1.91. The Morgan fingerprint density at radius 3 is 2.24 bits per heavy atom. The van der Waals surface area contributed by atoms with Crippen molar-refractivity contribution in [3.8, 4) is 0 Å². The van der Waals surface area contributed by atoms with E-state index in [2.05, 4.69) is 46.7 Å². The van der Waals surface area contributed by atoms with Crippen molar-refractivity contribution in [2.75, 3.05) is 11.6 Å². The highest BCUT2D eigenvalue weighted by Gasteiger charge is 2.24. The number of hydrogen-bond donors (Lipinski definition) is 0. The van der Waals surface area contributed by atoms with Gasteiger partial charge in [-0.15, -0.1) is 0 Å². The third-order valence-electron chi connectivity index (χ3n) is 2.91. The summed E-state index contributed by atoms with van der Waals surface area (Å²) in [5.41, 5.74) is 2.34. The largest absolute Gasteiger partial charge is 0.238 e. The number of benzene rings is 2. The Labute approximate surface area is 100 Å². The first-order valence-electron chi connectivity index (χ1n) is 5.72. The van der Waals surface area contributed by atoms with E-state index in [-0.39, 0.29) is 6.04 Å². The molecule has 1 aliphatic heterocycles. The molecule has 2 aromatic carbocycles. The minimum atomic E-state index is 0.221. The van der Waals surface area contributed by atoms with E-state index in [9.17, 15) is 0 Å². The summed E-state index contributed by atoms with van der Waals surface area (Å²) in [6.07, 6.45) is 0. The quantitative estimate of drug-likeness (QED) is 0.764. The minimum absolute atomic E-state index is 0.221. The summed E-state index contributed by atoms with van der Waals surface area (Å²) in [4.78, 5) is 0. The van der Waals surface area contributed by atoms with Gasteiger partial charge in [-0.25, -0.2) is 5.01 Å². The van der Waals surface area contributed by atoms with Crippen LogP contribution in [0.1, 0.15) is 11.6 Å². The maximum absolute atomic E-state index is 4.22. The summed E-state index contributed by atoms with van der Waals surface area (Å²) < 4.78 is 0. The van der Waals surface area contributed by atoms with E-state index in [1.807, 2.05) is 29.3 Å². The van der Waals surface area contributed by atoms with Crippen molar-refractivity contribution in [2.24, 2.45) is 10.3 Å². The van der Waals surface area contributed by atoms with Crippen molar-refractivity contribution in [3.63, 3.8) is 0 Å². The van der Waals surface area contributed by atoms with E-state index in [1.54, 1.807) is 0 Å². The van der Waals surface area contributed by atoms with Crippen LogP contribution in [0.2, 0.25) is 0 Å². The van der Waals surface area contributed by atoms with Gasteiger partial charge in [-0.05, 0) is 17.7 Å². The summed E-state index contributed by atoms with van der Waals surface area (Å²) in [7, 11) is 0. The molecule has 84 valence electrons. The van der Waals surface area contributed by atoms with Gasteiger partial charge in [0.05, 0.1) is 12.2 Å². The summed E-state index contributed by atoms with van der Waals surface area (Å²) in [6, 6.07) is 20.8. The van der Waals surface area contributed by atoms with Crippen molar-refractivity contribution >= 4 is 5.69 Å². The normalized spacial score (nSPS) is 18.6. The maximum atomic E-state index is 4.22. The van der Waals surface area contributed by atoms with Crippen LogP contribution in [0.15, 0.2) is 71.0 Å². The highest BCUT2D eigenvalue weighted by molar-refractivity contribution is 5.48. The molecule has 1 unspecified atom stereocenters. The summed E-state index contributed by atoms with van der Waals surface area (Å²) >= 11 is 0. The van der Waals surface area contributed by atoms with Crippen LogP contribution in [-0.4, -0.2) is 6.54 Å². The lowest BCUT2D eigenvalue weighted by Crippen LogP contribution is -2.20. The lowest BCUT2D eigenvalue weighted by atomic mass is 10.1. The number of para-hydroxylation sites is 1. The maximum Gasteiger partial charge on any atom is 0.101 e. The van der Waals surface area contributed by atoms with E-state index in [1.165, 1.54) is 5.56 Å². The van der Waals surface area contributed by atoms with Crippen LogP contribution >= 0.6 is 0 Å². The molecule has 0 bridgehead atoms. The van der Waals surface area contributed by atoms with Gasteiger partial charge in [0.25, 0.3) is 0 Å². The number of anilines is 1. The molecule has 3 rings (SSSR count). The molecule has 0 fully saturated rings. The monoisotopic (exact) mass is 223 g/mol. The third-order valence-corrected chi connectivity index (χ3v) is 2.91. The number of rotatable bonds is 2. The lowest BCUT2D eigenvalue weighted by Gasteiger charge is -2.21. The van der Waals surface area contributed by atoms with Crippen molar-refractivity contribution in [2.45, 2.75) is 6.04 Å². The molecule has 0 radical (unpaired) electrons. The van der Waals surface area contributed by atoms with Gasteiger partial charge in [0.1, 0.15) is 6.04 Å². The van der Waals surface area contributed by atoms with Crippen LogP contribution in [0, 0.1) is 0 Å². The highest BCUT2D eigenvalue weighted by atomic mass is 15.6. The van der Waals surface area contributed by atoms with E-state index in [4.69, 9.17) is 0 Å². The first-order valence-corrected chi connectivity index (χ1v) is 5.72. The lowest BCUT2D eigenvalue weighted by molar-refractivity contribution is 0.732. The molecule has 0 saturated carbocycles. The molecule has 1 heterocycles. The van der Waals surface area contributed by atoms with Crippen molar-refractivity contribution in [1.82, 2.24) is 0 Å². The molecule has 0 saturated heterocycles. The zero-order chi connectivity index (χ0) is 11.5. The van der Waals surface area contributed by atoms with Gasteiger partial charge in [0.2, 0.25) is 0 Å². The van der Waals surface area contributed by atoms with E-state index in [0.717, 1.165) is 12.2 Å². The Hall–Kier alpha value is -2.16.